The predicted octanol–water partition coefficient (Wildman–Crippen LogP) is 3.65. The molecule has 20 heavy (non-hydrogen) atoms. The summed E-state index contributed by atoms with van der Waals surface area (Å²) < 4.78 is 24.3. The first-order chi connectivity index (χ1) is 9.54. The topological polar surface area (TPSA) is 47.3 Å². The van der Waals surface area contributed by atoms with Crippen LogP contribution in [0.15, 0.2) is 33.3 Å². The van der Waals surface area contributed by atoms with Crippen LogP contribution in [0.3, 0.4) is 0 Å². The molecule has 0 saturated carbocycles. The van der Waals surface area contributed by atoms with Gasteiger partial charge in [-0.05, 0) is 28.1 Å². The lowest BCUT2D eigenvalue weighted by Crippen LogP contribution is -2.21. The molecule has 2 rings (SSSR count). The zero-order valence-electron chi connectivity index (χ0n) is 11.3. The van der Waals surface area contributed by atoms with Crippen molar-refractivity contribution in [2.24, 2.45) is 0 Å². The molecule has 0 aliphatic heterocycles. The standard InChI is InChI=1S/C14H16BrFN2O2/c1-9(2)17-7-10-5-12(20-18-10)8-19-11-3-4-13(15)14(16)6-11/h3-6,9,17H,7-8H2,1-2H3. The molecule has 0 radical (unpaired) electrons. The van der Waals surface area contributed by atoms with E-state index in [4.69, 9.17) is 9.26 Å². The molecule has 0 aliphatic rings. The second kappa shape index (κ2) is 6.85. The van der Waals surface area contributed by atoms with Crippen molar-refractivity contribution in [1.82, 2.24) is 10.5 Å². The van der Waals surface area contributed by atoms with Crippen LogP contribution in [-0.4, -0.2) is 11.2 Å². The maximum absolute atomic E-state index is 13.3. The zero-order valence-corrected chi connectivity index (χ0v) is 12.9. The minimum absolute atomic E-state index is 0.218. The molecule has 0 bridgehead atoms. The second-order valence-electron chi connectivity index (χ2n) is 4.68. The van der Waals surface area contributed by atoms with Gasteiger partial charge in [0.2, 0.25) is 0 Å². The molecule has 1 aromatic carbocycles. The van der Waals surface area contributed by atoms with Crippen LogP contribution in [-0.2, 0) is 13.2 Å². The number of aromatic nitrogens is 1. The lowest BCUT2D eigenvalue weighted by atomic mass is 10.3. The van der Waals surface area contributed by atoms with Gasteiger partial charge in [0.15, 0.2) is 5.76 Å². The maximum atomic E-state index is 13.3. The lowest BCUT2D eigenvalue weighted by molar-refractivity contribution is 0.247. The van der Waals surface area contributed by atoms with E-state index in [9.17, 15) is 4.39 Å². The average molecular weight is 343 g/mol. The van der Waals surface area contributed by atoms with Gasteiger partial charge in [-0.25, -0.2) is 4.39 Å². The molecule has 0 unspecified atom stereocenters. The number of ether oxygens (including phenoxy) is 1. The van der Waals surface area contributed by atoms with Crippen molar-refractivity contribution < 1.29 is 13.7 Å². The van der Waals surface area contributed by atoms with Gasteiger partial charge in [-0.3, -0.25) is 0 Å². The first-order valence-corrected chi connectivity index (χ1v) is 7.09. The van der Waals surface area contributed by atoms with Crippen LogP contribution in [0.4, 0.5) is 4.39 Å². The summed E-state index contributed by atoms with van der Waals surface area (Å²) in [5, 5.41) is 7.18. The minimum atomic E-state index is -0.359. The molecule has 6 heteroatoms. The number of rotatable bonds is 6. The SMILES string of the molecule is CC(C)NCc1cc(COc2ccc(Br)c(F)c2)on1. The Kier molecular flexibility index (Phi) is 5.14. The largest absolute Gasteiger partial charge is 0.485 e. The van der Waals surface area contributed by atoms with Gasteiger partial charge in [0.25, 0.3) is 0 Å². The van der Waals surface area contributed by atoms with Crippen LogP contribution in [0, 0.1) is 5.82 Å². The highest BCUT2D eigenvalue weighted by atomic mass is 79.9. The summed E-state index contributed by atoms with van der Waals surface area (Å²) in [5.41, 5.74) is 0.819. The Morgan fingerprint density at radius 1 is 1.40 bits per heavy atom. The van der Waals surface area contributed by atoms with E-state index in [0.29, 0.717) is 28.6 Å². The van der Waals surface area contributed by atoms with Crippen LogP contribution in [0.2, 0.25) is 0 Å². The molecule has 0 atom stereocenters. The van der Waals surface area contributed by atoms with E-state index >= 15 is 0 Å². The van der Waals surface area contributed by atoms with Crippen LogP contribution in [0.5, 0.6) is 5.75 Å². The Morgan fingerprint density at radius 3 is 2.90 bits per heavy atom. The Labute approximate surface area is 125 Å². The fourth-order valence-electron chi connectivity index (χ4n) is 1.54. The third-order valence-corrected chi connectivity index (χ3v) is 3.21. The number of halogens is 2. The Morgan fingerprint density at radius 2 is 2.20 bits per heavy atom. The Bertz CT molecular complexity index is 572. The Balaban J connectivity index is 1.89. The molecular weight excluding hydrogens is 327 g/mol. The van der Waals surface area contributed by atoms with Crippen molar-refractivity contribution in [1.29, 1.82) is 0 Å². The van der Waals surface area contributed by atoms with Crippen molar-refractivity contribution in [3.63, 3.8) is 0 Å². The van der Waals surface area contributed by atoms with Crippen LogP contribution in [0.25, 0.3) is 0 Å². The van der Waals surface area contributed by atoms with E-state index in [1.165, 1.54) is 6.07 Å². The predicted molar refractivity (Wildman–Crippen MR) is 76.9 cm³/mol. The van der Waals surface area contributed by atoms with E-state index < -0.39 is 0 Å². The second-order valence-corrected chi connectivity index (χ2v) is 5.54. The summed E-state index contributed by atoms with van der Waals surface area (Å²) in [4.78, 5) is 0. The molecule has 0 saturated heterocycles. The number of nitrogens with one attached hydrogen (secondary N) is 1. The molecule has 2 aromatic rings. The molecule has 0 fully saturated rings. The van der Waals surface area contributed by atoms with Gasteiger partial charge >= 0.3 is 0 Å². The third kappa shape index (κ3) is 4.31. The van der Waals surface area contributed by atoms with Gasteiger partial charge in [0.05, 0.1) is 10.2 Å². The van der Waals surface area contributed by atoms with Crippen molar-refractivity contribution in [2.75, 3.05) is 0 Å². The van der Waals surface area contributed by atoms with Gasteiger partial charge < -0.3 is 14.6 Å². The molecule has 0 spiro atoms. The van der Waals surface area contributed by atoms with E-state index in [1.54, 1.807) is 12.1 Å². The fourth-order valence-corrected chi connectivity index (χ4v) is 1.78. The number of hydrogen-bond acceptors (Lipinski definition) is 4. The normalized spacial score (nSPS) is 11.1. The van der Waals surface area contributed by atoms with Crippen LogP contribution < -0.4 is 10.1 Å². The van der Waals surface area contributed by atoms with Gasteiger partial charge in [0.1, 0.15) is 18.2 Å². The Hall–Kier alpha value is -1.40. The zero-order chi connectivity index (χ0) is 14.5. The van der Waals surface area contributed by atoms with E-state index in [0.717, 1.165) is 5.69 Å². The van der Waals surface area contributed by atoms with Crippen LogP contribution >= 0.6 is 15.9 Å². The number of benzene rings is 1. The maximum Gasteiger partial charge on any atom is 0.174 e. The van der Waals surface area contributed by atoms with Gasteiger partial charge in [-0.15, -0.1) is 0 Å². The summed E-state index contributed by atoms with van der Waals surface area (Å²) in [6, 6.07) is 6.82. The average Bonchev–Trinajstić information content (AvgIpc) is 2.86. The summed E-state index contributed by atoms with van der Waals surface area (Å²) in [6.07, 6.45) is 0. The highest BCUT2D eigenvalue weighted by Gasteiger charge is 2.07. The molecule has 1 N–H and O–H groups in total. The van der Waals surface area contributed by atoms with Crippen LogP contribution in [0.1, 0.15) is 25.3 Å². The molecule has 4 nitrogen and oxygen atoms in total. The van der Waals surface area contributed by atoms with Gasteiger partial charge in [0, 0.05) is 24.7 Å². The van der Waals surface area contributed by atoms with Crippen molar-refractivity contribution in [3.8, 4) is 5.75 Å². The monoisotopic (exact) mass is 342 g/mol. The highest BCUT2D eigenvalue weighted by molar-refractivity contribution is 9.10. The van der Waals surface area contributed by atoms with Crippen molar-refractivity contribution in [3.05, 3.63) is 46.0 Å². The van der Waals surface area contributed by atoms with Gasteiger partial charge in [-0.2, -0.15) is 0 Å². The van der Waals surface area contributed by atoms with E-state index in [1.807, 2.05) is 6.07 Å². The summed E-state index contributed by atoms with van der Waals surface area (Å²) in [7, 11) is 0. The van der Waals surface area contributed by atoms with E-state index in [2.05, 4.69) is 40.3 Å². The first kappa shape index (κ1) is 15.0. The molecule has 1 heterocycles. The summed E-state index contributed by atoms with van der Waals surface area (Å²) in [6.45, 7) is 4.99. The lowest BCUT2D eigenvalue weighted by Gasteiger charge is -2.04. The van der Waals surface area contributed by atoms with Crippen molar-refractivity contribution in [2.45, 2.75) is 33.0 Å². The summed E-state index contributed by atoms with van der Waals surface area (Å²) in [5.74, 6) is 0.694. The number of nitrogens with zero attached hydrogens (tertiary/aromatic N) is 1. The summed E-state index contributed by atoms with van der Waals surface area (Å²) >= 11 is 3.09. The van der Waals surface area contributed by atoms with E-state index in [-0.39, 0.29) is 12.4 Å². The molecule has 0 amide bonds. The highest BCUT2D eigenvalue weighted by Crippen LogP contribution is 2.21. The third-order valence-electron chi connectivity index (χ3n) is 2.57. The quantitative estimate of drug-likeness (QED) is 0.870. The fraction of sp³-hybridized carbons (Fsp3) is 0.357. The molecule has 1 aromatic heterocycles. The molecule has 108 valence electrons. The van der Waals surface area contributed by atoms with Crippen molar-refractivity contribution >= 4 is 15.9 Å². The molecular formula is C14H16BrFN2O2. The minimum Gasteiger partial charge on any atom is -0.485 e. The number of hydrogen-bond donors (Lipinski definition) is 1. The molecule has 0 aliphatic carbocycles. The first-order valence-electron chi connectivity index (χ1n) is 6.30. The smallest absolute Gasteiger partial charge is 0.174 e. The van der Waals surface area contributed by atoms with Gasteiger partial charge in [-0.1, -0.05) is 19.0 Å².